The number of aliphatic hydroxyl groups is 3. The Morgan fingerprint density at radius 3 is 1.98 bits per heavy atom. The van der Waals surface area contributed by atoms with Crippen molar-refractivity contribution in [3.63, 3.8) is 0 Å². The molecule has 244 valence electrons. The lowest BCUT2D eigenvalue weighted by atomic mass is 10.0. The number of methoxy groups -OCH3 is 2. The smallest absolute Gasteiger partial charge is 0.270 e. The Hall–Kier alpha value is -2.75. The molecule has 1 aromatic heterocycles. The minimum atomic E-state index is -1.25. The van der Waals surface area contributed by atoms with Gasteiger partial charge in [-0.05, 0) is 38.0 Å². The molecule has 0 saturated carbocycles. The fourth-order valence-electron chi connectivity index (χ4n) is 2.78. The number of aromatic nitrogens is 1. The minimum Gasteiger partial charge on any atom is -0.400 e. The Morgan fingerprint density at radius 1 is 1.07 bits per heavy atom. The van der Waals surface area contributed by atoms with Gasteiger partial charge in [0.2, 0.25) is 5.91 Å². The third kappa shape index (κ3) is 21.0. The van der Waals surface area contributed by atoms with E-state index in [1.165, 1.54) is 37.5 Å². The first-order valence-corrected chi connectivity index (χ1v) is 14.1. The first kappa shape index (κ1) is 43.7. The Bertz CT molecular complexity index is 916. The summed E-state index contributed by atoms with van der Waals surface area (Å²) in [5, 5.41) is 34.7. The van der Waals surface area contributed by atoms with Gasteiger partial charge < -0.3 is 40.3 Å². The van der Waals surface area contributed by atoms with Gasteiger partial charge in [0.05, 0.1) is 12.1 Å². The van der Waals surface area contributed by atoms with Gasteiger partial charge in [-0.2, -0.15) is 0 Å². The van der Waals surface area contributed by atoms with Crippen molar-refractivity contribution in [2.24, 2.45) is 0 Å². The average Bonchev–Trinajstić information content (AvgIpc) is 3.46. The molecule has 11 nitrogen and oxygen atoms in total. The normalized spacial score (nSPS) is 11.7. The topological polar surface area (TPSA) is 153 Å². The van der Waals surface area contributed by atoms with Crippen LogP contribution in [-0.4, -0.2) is 106 Å². The van der Waals surface area contributed by atoms with Gasteiger partial charge >= 0.3 is 0 Å². The van der Waals surface area contributed by atoms with Gasteiger partial charge in [0.1, 0.15) is 23.4 Å². The Balaban J connectivity index is -0.000000730. The van der Waals surface area contributed by atoms with Crippen molar-refractivity contribution in [1.82, 2.24) is 15.6 Å². The van der Waals surface area contributed by atoms with Gasteiger partial charge in [-0.3, -0.25) is 9.59 Å². The summed E-state index contributed by atoms with van der Waals surface area (Å²) < 4.78 is 33.9. The van der Waals surface area contributed by atoms with Crippen molar-refractivity contribution in [3.05, 3.63) is 46.5 Å². The van der Waals surface area contributed by atoms with E-state index in [0.717, 1.165) is 19.8 Å². The number of thiazole rings is 1. The van der Waals surface area contributed by atoms with Crippen LogP contribution in [-0.2, 0) is 14.3 Å². The zero-order valence-corrected chi connectivity index (χ0v) is 27.2. The maximum absolute atomic E-state index is 12.2. The number of carbonyl (C=O) groups is 2. The van der Waals surface area contributed by atoms with Gasteiger partial charge in [0.15, 0.2) is 5.13 Å². The van der Waals surface area contributed by atoms with Crippen LogP contribution in [0.4, 0.5) is 13.9 Å². The Morgan fingerprint density at radius 2 is 1.60 bits per heavy atom. The molecule has 2 aromatic rings. The van der Waals surface area contributed by atoms with Crippen molar-refractivity contribution < 1.29 is 43.2 Å². The summed E-state index contributed by atoms with van der Waals surface area (Å²) in [7, 11) is 7.83. The van der Waals surface area contributed by atoms with Crippen molar-refractivity contribution in [2.75, 3.05) is 60.1 Å². The molecule has 1 heterocycles. The molecule has 3 atom stereocenters. The minimum absolute atomic E-state index is 0.169. The summed E-state index contributed by atoms with van der Waals surface area (Å²) in [6.07, 6.45) is -2.16. The van der Waals surface area contributed by atoms with Gasteiger partial charge in [0, 0.05) is 73.6 Å². The molecule has 0 aliphatic carbocycles. The first-order valence-electron chi connectivity index (χ1n) is 13.3. The van der Waals surface area contributed by atoms with Crippen LogP contribution in [0.25, 0.3) is 0 Å². The maximum Gasteiger partial charge on any atom is 0.270 e. The van der Waals surface area contributed by atoms with Crippen LogP contribution in [0.5, 0.6) is 0 Å². The molecule has 14 heteroatoms. The second-order valence-corrected chi connectivity index (χ2v) is 9.13. The van der Waals surface area contributed by atoms with Crippen LogP contribution in [0.2, 0.25) is 0 Å². The van der Waals surface area contributed by atoms with Crippen LogP contribution in [0.1, 0.15) is 50.2 Å². The number of halogens is 2. The molecule has 2 amide bonds. The molecule has 0 spiro atoms. The molecule has 0 aliphatic heterocycles. The molecule has 0 radical (unpaired) electrons. The SMILES string of the molecule is CC.CCOC.CO.COCCC(NC(C)=O)C(O)C(O)CNC(=O)c1csc(N(C)C)n1.Cc1cc(F)cc(F)c1. The second-order valence-electron chi connectivity index (χ2n) is 8.29. The third-order valence-corrected chi connectivity index (χ3v) is 5.71. The highest BCUT2D eigenvalue weighted by Crippen LogP contribution is 2.17. The molecular weight excluding hydrogens is 574 g/mol. The van der Waals surface area contributed by atoms with Gasteiger partial charge in [-0.25, -0.2) is 13.8 Å². The van der Waals surface area contributed by atoms with E-state index in [4.69, 9.17) is 9.84 Å². The summed E-state index contributed by atoms with van der Waals surface area (Å²) in [6.45, 7) is 9.89. The van der Waals surface area contributed by atoms with Crippen LogP contribution >= 0.6 is 11.3 Å². The molecule has 0 aliphatic rings. The summed E-state index contributed by atoms with van der Waals surface area (Å²) >= 11 is 1.33. The number of amides is 2. The van der Waals surface area contributed by atoms with E-state index in [9.17, 15) is 28.6 Å². The lowest BCUT2D eigenvalue weighted by molar-refractivity contribution is -0.121. The molecule has 42 heavy (non-hydrogen) atoms. The van der Waals surface area contributed by atoms with Crippen molar-refractivity contribution in [2.45, 2.75) is 59.3 Å². The summed E-state index contributed by atoms with van der Waals surface area (Å²) in [4.78, 5) is 29.2. The lowest BCUT2D eigenvalue weighted by Gasteiger charge is -2.27. The number of hydrogen-bond donors (Lipinski definition) is 5. The molecule has 0 fully saturated rings. The largest absolute Gasteiger partial charge is 0.400 e. The molecule has 0 bridgehead atoms. The number of carbonyl (C=O) groups excluding carboxylic acids is 2. The summed E-state index contributed by atoms with van der Waals surface area (Å²) in [5.41, 5.74) is 0.848. The standard InChI is InChI=1S/C15H26N4O5S.C7H6F2.C3H8O.C2H6.CH4O/c1-9(20)17-10(5-6-24-4)13(22)12(21)7-16-14(23)11-8-25-15(18-11)19(2)3;1-5-2-6(8)4-7(9)3-5;1-3-4-2;2*1-2/h8,10,12-13,21-22H,5-7H2,1-4H3,(H,16,23)(H,17,20);2-4H,1H3;3H2,1-2H3;1-2H3;2H,1H3. The Labute approximate surface area is 252 Å². The number of nitrogens with one attached hydrogen (secondary N) is 2. The number of hydrogen-bond acceptors (Lipinski definition) is 10. The number of rotatable bonds is 11. The predicted molar refractivity (Wildman–Crippen MR) is 163 cm³/mol. The van der Waals surface area contributed by atoms with Gasteiger partial charge in [-0.1, -0.05) is 13.8 Å². The Kier molecular flexibility index (Phi) is 28.2. The van der Waals surface area contributed by atoms with E-state index < -0.39 is 35.8 Å². The first-order chi connectivity index (χ1) is 19.9. The fraction of sp³-hybridized carbons (Fsp3) is 0.607. The average molecular weight is 625 g/mol. The van der Waals surface area contributed by atoms with E-state index in [-0.39, 0.29) is 18.1 Å². The molecule has 1 aromatic carbocycles. The van der Waals surface area contributed by atoms with Crippen molar-refractivity contribution in [1.29, 1.82) is 0 Å². The lowest BCUT2D eigenvalue weighted by Crippen LogP contribution is -2.51. The van der Waals surface area contributed by atoms with Gasteiger partial charge in [-0.15, -0.1) is 11.3 Å². The van der Waals surface area contributed by atoms with Crippen LogP contribution in [0, 0.1) is 18.6 Å². The number of anilines is 1. The molecule has 2 rings (SSSR count). The predicted octanol–water partition coefficient (Wildman–Crippen LogP) is 2.76. The number of aliphatic hydroxyl groups excluding tert-OH is 3. The van der Waals surface area contributed by atoms with Crippen LogP contribution in [0.3, 0.4) is 0 Å². The molecule has 3 unspecified atom stereocenters. The van der Waals surface area contributed by atoms with E-state index in [2.05, 4.69) is 20.4 Å². The molecular formula is C28H50F2N4O7S. The van der Waals surface area contributed by atoms with E-state index in [1.54, 1.807) is 24.3 Å². The number of aryl methyl sites for hydroxylation is 1. The highest BCUT2D eigenvalue weighted by atomic mass is 32.1. The quantitative estimate of drug-likeness (QED) is 0.254. The monoisotopic (exact) mass is 624 g/mol. The highest BCUT2D eigenvalue weighted by Gasteiger charge is 2.27. The van der Waals surface area contributed by atoms with E-state index >= 15 is 0 Å². The zero-order valence-electron chi connectivity index (χ0n) is 26.4. The fourth-order valence-corrected chi connectivity index (χ4v) is 3.52. The van der Waals surface area contributed by atoms with Crippen LogP contribution in [0.15, 0.2) is 23.6 Å². The van der Waals surface area contributed by atoms with Crippen molar-refractivity contribution in [3.8, 4) is 0 Å². The van der Waals surface area contributed by atoms with E-state index in [0.29, 0.717) is 23.7 Å². The second kappa shape index (κ2) is 27.1. The maximum atomic E-state index is 12.2. The number of ether oxygens (including phenoxy) is 2. The van der Waals surface area contributed by atoms with Crippen molar-refractivity contribution >= 4 is 28.3 Å². The zero-order chi connectivity index (χ0) is 33.3. The summed E-state index contributed by atoms with van der Waals surface area (Å²) in [5.74, 6) is -1.81. The number of benzene rings is 1. The third-order valence-electron chi connectivity index (χ3n) is 4.70. The molecule has 5 N–H and O–H groups in total. The van der Waals surface area contributed by atoms with E-state index in [1.807, 2.05) is 34.9 Å². The van der Waals surface area contributed by atoms with Gasteiger partial charge in [0.25, 0.3) is 5.91 Å². The molecule has 0 saturated heterocycles. The number of nitrogens with zero attached hydrogens (tertiary/aromatic N) is 2. The summed E-state index contributed by atoms with van der Waals surface area (Å²) in [6, 6.07) is 2.74. The van der Waals surface area contributed by atoms with Crippen LogP contribution < -0.4 is 15.5 Å². The highest BCUT2D eigenvalue weighted by molar-refractivity contribution is 7.13.